The number of nitrogens with zero attached hydrogens (tertiary/aromatic N) is 1. The fraction of sp³-hybridized carbons (Fsp3) is 0.143. The number of aromatic amines is 1. The van der Waals surface area contributed by atoms with Crippen LogP contribution >= 0.6 is 0 Å². The molecule has 0 saturated heterocycles. The van der Waals surface area contributed by atoms with Crippen LogP contribution in [0.25, 0.3) is 0 Å². The van der Waals surface area contributed by atoms with Crippen molar-refractivity contribution in [3.8, 4) is 0 Å². The summed E-state index contributed by atoms with van der Waals surface area (Å²) < 4.78 is 0. The van der Waals surface area contributed by atoms with E-state index < -0.39 is 0 Å². The van der Waals surface area contributed by atoms with E-state index in [-0.39, 0.29) is 12.4 Å². The second-order valence-electron chi connectivity index (χ2n) is 2.20. The van der Waals surface area contributed by atoms with E-state index in [4.69, 9.17) is 16.2 Å². The van der Waals surface area contributed by atoms with Crippen LogP contribution in [0.2, 0.25) is 0 Å². The highest BCUT2D eigenvalue weighted by atomic mass is 16.3. The van der Waals surface area contributed by atoms with Gasteiger partial charge in [-0.3, -0.25) is 5.41 Å². The molecule has 0 aromatic carbocycles. The van der Waals surface area contributed by atoms with Crippen molar-refractivity contribution in [2.45, 2.75) is 6.61 Å². The monoisotopic (exact) mass is 166 g/mol. The third-order valence-corrected chi connectivity index (χ3v) is 1.40. The molecule has 0 atom stereocenters. The quantitative estimate of drug-likeness (QED) is 0.370. The highest BCUT2D eigenvalue weighted by Gasteiger charge is 2.00. The third-order valence-electron chi connectivity index (χ3n) is 1.40. The predicted octanol–water partition coefficient (Wildman–Crippen LogP) is -0.181. The Balaban J connectivity index is 2.88. The van der Waals surface area contributed by atoms with Gasteiger partial charge in [0.05, 0.1) is 12.3 Å². The van der Waals surface area contributed by atoms with Gasteiger partial charge in [0.25, 0.3) is 0 Å². The summed E-state index contributed by atoms with van der Waals surface area (Å²) in [5.74, 6) is 0.240. The number of aliphatic hydroxyl groups excluding tert-OH is 1. The molecule has 0 amide bonds. The standard InChI is InChI=1S/C7H10N4O/c8-4-10-7(9)6-2-1-5(3-12)11-6/h1-2,4,11-12H,3H2,(H3,8,9,10). The summed E-state index contributed by atoms with van der Waals surface area (Å²) in [6.07, 6.45) is 0.870. The minimum Gasteiger partial charge on any atom is -0.390 e. The summed E-state index contributed by atoms with van der Waals surface area (Å²) >= 11 is 0. The fourth-order valence-electron chi connectivity index (χ4n) is 0.821. The van der Waals surface area contributed by atoms with Gasteiger partial charge in [0.15, 0.2) is 0 Å². The maximum absolute atomic E-state index is 8.71. The Hall–Kier alpha value is -1.62. The predicted molar refractivity (Wildman–Crippen MR) is 46.2 cm³/mol. The van der Waals surface area contributed by atoms with Crippen molar-refractivity contribution in [1.82, 2.24) is 4.98 Å². The van der Waals surface area contributed by atoms with E-state index in [1.807, 2.05) is 0 Å². The lowest BCUT2D eigenvalue weighted by Crippen LogP contribution is -2.13. The first-order valence-corrected chi connectivity index (χ1v) is 3.39. The lowest BCUT2D eigenvalue weighted by molar-refractivity contribution is 0.277. The highest BCUT2D eigenvalue weighted by Crippen LogP contribution is 2.00. The van der Waals surface area contributed by atoms with Gasteiger partial charge in [0, 0.05) is 5.69 Å². The number of rotatable bonds is 3. The molecule has 12 heavy (non-hydrogen) atoms. The van der Waals surface area contributed by atoms with Crippen molar-refractivity contribution in [2.75, 3.05) is 0 Å². The molecule has 0 aliphatic carbocycles. The summed E-state index contributed by atoms with van der Waals surface area (Å²) in [4.78, 5) is 6.40. The van der Waals surface area contributed by atoms with E-state index in [0.29, 0.717) is 11.4 Å². The molecule has 5 nitrogen and oxygen atoms in total. The second-order valence-corrected chi connectivity index (χ2v) is 2.20. The van der Waals surface area contributed by atoms with Crippen molar-refractivity contribution in [3.63, 3.8) is 0 Å². The van der Waals surface area contributed by atoms with Crippen molar-refractivity contribution >= 4 is 12.2 Å². The zero-order valence-electron chi connectivity index (χ0n) is 6.41. The first kappa shape index (κ1) is 8.48. The minimum absolute atomic E-state index is 0.0577. The van der Waals surface area contributed by atoms with E-state index in [0.717, 1.165) is 6.34 Å². The van der Waals surface area contributed by atoms with Crippen LogP contribution in [0.4, 0.5) is 0 Å². The second kappa shape index (κ2) is 3.68. The summed E-state index contributed by atoms with van der Waals surface area (Å²) in [7, 11) is 0. The van der Waals surface area contributed by atoms with Crippen LogP contribution in [0, 0.1) is 5.41 Å². The van der Waals surface area contributed by atoms with E-state index >= 15 is 0 Å². The number of nitrogens with two attached hydrogens (primary N) is 1. The maximum atomic E-state index is 8.71. The average molecular weight is 166 g/mol. The van der Waals surface area contributed by atoms with Crippen LogP contribution in [0.5, 0.6) is 0 Å². The molecule has 0 bridgehead atoms. The largest absolute Gasteiger partial charge is 0.390 e. The minimum atomic E-state index is -0.0577. The Morgan fingerprint density at radius 1 is 1.75 bits per heavy atom. The van der Waals surface area contributed by atoms with Gasteiger partial charge in [-0.05, 0) is 12.1 Å². The van der Waals surface area contributed by atoms with Gasteiger partial charge in [0.1, 0.15) is 12.2 Å². The number of hydrogen-bond acceptors (Lipinski definition) is 2. The number of aliphatic imine (C=N–C) groups is 1. The first-order valence-electron chi connectivity index (χ1n) is 3.39. The van der Waals surface area contributed by atoms with E-state index in [9.17, 15) is 0 Å². The van der Waals surface area contributed by atoms with Gasteiger partial charge in [-0.25, -0.2) is 4.99 Å². The lowest BCUT2D eigenvalue weighted by atomic mass is 10.4. The topological polar surface area (TPSA) is 98.2 Å². The van der Waals surface area contributed by atoms with E-state index in [1.165, 1.54) is 0 Å². The molecule has 5 heteroatoms. The van der Waals surface area contributed by atoms with Gasteiger partial charge in [0.2, 0.25) is 0 Å². The van der Waals surface area contributed by atoms with Crippen molar-refractivity contribution < 1.29 is 5.11 Å². The van der Waals surface area contributed by atoms with E-state index in [1.54, 1.807) is 12.1 Å². The highest BCUT2D eigenvalue weighted by molar-refractivity contribution is 5.99. The fourth-order valence-corrected chi connectivity index (χ4v) is 0.821. The Morgan fingerprint density at radius 3 is 3.00 bits per heavy atom. The molecule has 1 aromatic rings. The third kappa shape index (κ3) is 1.70. The van der Waals surface area contributed by atoms with Crippen LogP contribution in [-0.4, -0.2) is 22.3 Å². The summed E-state index contributed by atoms with van der Waals surface area (Å²) in [5.41, 5.74) is 6.75. The molecule has 0 unspecified atom stereocenters. The van der Waals surface area contributed by atoms with Crippen molar-refractivity contribution in [3.05, 3.63) is 23.5 Å². The normalized spacial score (nSPS) is 11.6. The van der Waals surface area contributed by atoms with E-state index in [2.05, 4.69) is 9.98 Å². The number of hydrogen-bond donors (Lipinski definition) is 4. The molecule has 0 fully saturated rings. The summed E-state index contributed by atoms with van der Waals surface area (Å²) in [5, 5.41) is 15.4. The molecule has 1 heterocycles. The zero-order chi connectivity index (χ0) is 8.97. The molecule has 0 saturated carbocycles. The Labute approximate surface area is 69.5 Å². The summed E-state index contributed by atoms with van der Waals surface area (Å²) in [6.45, 7) is -0.0577. The van der Waals surface area contributed by atoms with Gasteiger partial charge in [-0.2, -0.15) is 0 Å². The van der Waals surface area contributed by atoms with Crippen LogP contribution in [0.15, 0.2) is 17.1 Å². The van der Waals surface area contributed by atoms with Gasteiger partial charge < -0.3 is 15.8 Å². The van der Waals surface area contributed by atoms with Gasteiger partial charge in [-0.15, -0.1) is 0 Å². The molecular formula is C7H10N4O. The lowest BCUT2D eigenvalue weighted by Gasteiger charge is -1.93. The zero-order valence-corrected chi connectivity index (χ0v) is 6.41. The maximum Gasteiger partial charge on any atom is 0.148 e. The smallest absolute Gasteiger partial charge is 0.148 e. The van der Waals surface area contributed by atoms with Crippen molar-refractivity contribution in [2.24, 2.45) is 10.7 Å². The van der Waals surface area contributed by atoms with Gasteiger partial charge in [-0.1, -0.05) is 0 Å². The molecule has 0 aliphatic heterocycles. The molecule has 5 N–H and O–H groups in total. The molecule has 0 radical (unpaired) electrons. The number of aromatic nitrogens is 1. The molecule has 0 spiro atoms. The van der Waals surface area contributed by atoms with Crippen LogP contribution in [0.1, 0.15) is 11.4 Å². The van der Waals surface area contributed by atoms with Crippen LogP contribution in [0.3, 0.4) is 0 Å². The molecule has 1 rings (SSSR count). The van der Waals surface area contributed by atoms with Gasteiger partial charge >= 0.3 is 0 Å². The average Bonchev–Trinajstić information content (AvgIpc) is 2.52. The molecule has 1 aromatic heterocycles. The SMILES string of the molecule is N=C/N=C(/N)c1ccc(CO)[nH]1. The Morgan fingerprint density at radius 2 is 2.50 bits per heavy atom. The Kier molecular flexibility index (Phi) is 2.60. The molecule has 64 valence electrons. The molecule has 0 aliphatic rings. The van der Waals surface area contributed by atoms with Crippen molar-refractivity contribution in [1.29, 1.82) is 5.41 Å². The number of H-pyrrole nitrogens is 1. The number of amidine groups is 1. The van der Waals surface area contributed by atoms with Crippen LogP contribution < -0.4 is 5.73 Å². The number of nitrogens with one attached hydrogen (secondary N) is 2. The molecular weight excluding hydrogens is 156 g/mol. The first-order chi connectivity index (χ1) is 5.77. The number of aliphatic hydroxyl groups is 1. The Bertz CT molecular complexity index is 302. The summed E-state index contributed by atoms with van der Waals surface area (Å²) in [6, 6.07) is 3.41. The van der Waals surface area contributed by atoms with Crippen LogP contribution in [-0.2, 0) is 6.61 Å².